The maximum atomic E-state index is 13.1. The van der Waals surface area contributed by atoms with Crippen molar-refractivity contribution < 1.29 is 4.79 Å². The monoisotopic (exact) mass is 365 g/mol. The largest absolute Gasteiger partial charge is 0.356 e. The summed E-state index contributed by atoms with van der Waals surface area (Å²) >= 11 is 0. The van der Waals surface area contributed by atoms with Crippen LogP contribution in [0.4, 0.5) is 5.82 Å². The lowest BCUT2D eigenvalue weighted by atomic mass is 10.1. The van der Waals surface area contributed by atoms with Gasteiger partial charge in [-0.3, -0.25) is 14.0 Å². The van der Waals surface area contributed by atoms with Crippen LogP contribution in [0.1, 0.15) is 38.2 Å². The SMILES string of the molecule is CCNC(=O)C(C#N)=Cc1c(N2CCCCCC2)nc2ccccn2c1=O. The van der Waals surface area contributed by atoms with E-state index in [1.807, 2.05) is 12.1 Å². The molecule has 0 radical (unpaired) electrons. The number of hydrogen-bond donors (Lipinski definition) is 1. The predicted octanol–water partition coefficient (Wildman–Crippen LogP) is 2.12. The minimum Gasteiger partial charge on any atom is -0.356 e. The number of nitrogens with zero attached hydrogens (tertiary/aromatic N) is 4. The molecule has 3 heterocycles. The summed E-state index contributed by atoms with van der Waals surface area (Å²) in [5, 5.41) is 12.0. The molecular formula is C20H23N5O2. The van der Waals surface area contributed by atoms with Crippen LogP contribution < -0.4 is 15.8 Å². The predicted molar refractivity (Wildman–Crippen MR) is 104 cm³/mol. The molecule has 1 aliphatic heterocycles. The van der Waals surface area contributed by atoms with Crippen LogP contribution in [0.15, 0.2) is 34.8 Å². The van der Waals surface area contributed by atoms with Gasteiger partial charge in [-0.2, -0.15) is 5.26 Å². The molecule has 1 aliphatic rings. The summed E-state index contributed by atoms with van der Waals surface area (Å²) in [5.74, 6) is 0.0597. The van der Waals surface area contributed by atoms with Gasteiger partial charge in [-0.05, 0) is 38.0 Å². The van der Waals surface area contributed by atoms with E-state index in [-0.39, 0.29) is 16.7 Å². The van der Waals surface area contributed by atoms with Crippen LogP contribution in [0.2, 0.25) is 0 Å². The molecular weight excluding hydrogens is 342 g/mol. The maximum absolute atomic E-state index is 13.1. The van der Waals surface area contributed by atoms with E-state index in [1.54, 1.807) is 25.3 Å². The number of anilines is 1. The molecule has 0 aliphatic carbocycles. The third kappa shape index (κ3) is 4.00. The molecule has 0 saturated carbocycles. The van der Waals surface area contributed by atoms with Crippen LogP contribution in [0, 0.1) is 11.3 Å². The molecule has 1 fully saturated rings. The van der Waals surface area contributed by atoms with Crippen molar-refractivity contribution in [2.45, 2.75) is 32.6 Å². The Kier molecular flexibility index (Phi) is 5.87. The number of rotatable bonds is 4. The molecule has 3 rings (SSSR count). The number of hydrogen-bond acceptors (Lipinski definition) is 5. The summed E-state index contributed by atoms with van der Waals surface area (Å²) in [4.78, 5) is 32.1. The van der Waals surface area contributed by atoms with Crippen LogP contribution >= 0.6 is 0 Å². The highest BCUT2D eigenvalue weighted by Crippen LogP contribution is 2.22. The van der Waals surface area contributed by atoms with Gasteiger partial charge < -0.3 is 10.2 Å². The van der Waals surface area contributed by atoms with E-state index in [0.717, 1.165) is 38.8 Å². The van der Waals surface area contributed by atoms with Crippen LogP contribution in [-0.4, -0.2) is 34.9 Å². The second-order valence-electron chi connectivity index (χ2n) is 6.51. The van der Waals surface area contributed by atoms with E-state index in [0.29, 0.717) is 18.0 Å². The fraction of sp³-hybridized carbons (Fsp3) is 0.400. The van der Waals surface area contributed by atoms with Crippen molar-refractivity contribution in [2.24, 2.45) is 0 Å². The normalized spacial score (nSPS) is 15.3. The van der Waals surface area contributed by atoms with Gasteiger partial charge in [0.2, 0.25) is 0 Å². The fourth-order valence-electron chi connectivity index (χ4n) is 3.29. The van der Waals surface area contributed by atoms with Gasteiger partial charge in [0.25, 0.3) is 11.5 Å². The van der Waals surface area contributed by atoms with Crippen LogP contribution in [0.25, 0.3) is 11.7 Å². The molecule has 0 unspecified atom stereocenters. The third-order valence-electron chi connectivity index (χ3n) is 4.65. The van der Waals surface area contributed by atoms with Gasteiger partial charge >= 0.3 is 0 Å². The number of carbonyl (C=O) groups excluding carboxylic acids is 1. The summed E-state index contributed by atoms with van der Waals surface area (Å²) in [5.41, 5.74) is 0.457. The molecule has 140 valence electrons. The number of carbonyl (C=O) groups is 1. The number of pyridine rings is 1. The van der Waals surface area contributed by atoms with E-state index in [9.17, 15) is 14.9 Å². The lowest BCUT2D eigenvalue weighted by Gasteiger charge is -2.23. The highest BCUT2D eigenvalue weighted by molar-refractivity contribution is 6.02. The summed E-state index contributed by atoms with van der Waals surface area (Å²) in [6.45, 7) is 3.80. The Hall–Kier alpha value is -3.14. The summed E-state index contributed by atoms with van der Waals surface area (Å²) < 4.78 is 1.44. The van der Waals surface area contributed by atoms with E-state index < -0.39 is 5.91 Å². The first kappa shape index (κ1) is 18.6. The van der Waals surface area contributed by atoms with Gasteiger partial charge in [0.1, 0.15) is 23.1 Å². The van der Waals surface area contributed by atoms with Gasteiger partial charge in [0.15, 0.2) is 0 Å². The molecule has 7 nitrogen and oxygen atoms in total. The zero-order valence-electron chi connectivity index (χ0n) is 15.4. The number of amides is 1. The van der Waals surface area contributed by atoms with Crippen LogP contribution in [0.5, 0.6) is 0 Å². The van der Waals surface area contributed by atoms with Crippen molar-refractivity contribution in [2.75, 3.05) is 24.5 Å². The number of nitriles is 1. The second kappa shape index (κ2) is 8.49. The standard InChI is InChI=1S/C20H23N5O2/c1-2-22-19(26)15(14-21)13-16-18(24-10-6-3-4-7-11-24)23-17-9-5-8-12-25(17)20(16)27/h5,8-9,12-13H,2-4,6-7,10-11H2,1H3,(H,22,26). The van der Waals surface area contributed by atoms with E-state index in [4.69, 9.17) is 4.98 Å². The van der Waals surface area contributed by atoms with Gasteiger partial charge in [0, 0.05) is 25.8 Å². The molecule has 27 heavy (non-hydrogen) atoms. The molecule has 0 bridgehead atoms. The molecule has 0 atom stereocenters. The lowest BCUT2D eigenvalue weighted by Crippen LogP contribution is -2.30. The Labute approximate surface area is 157 Å². The average molecular weight is 365 g/mol. The minimum absolute atomic E-state index is 0.0947. The zero-order valence-corrected chi connectivity index (χ0v) is 15.4. The third-order valence-corrected chi connectivity index (χ3v) is 4.65. The first-order valence-electron chi connectivity index (χ1n) is 9.32. The van der Waals surface area contributed by atoms with E-state index >= 15 is 0 Å². The molecule has 0 spiro atoms. The van der Waals surface area contributed by atoms with Crippen LogP contribution in [0.3, 0.4) is 0 Å². The Balaban J connectivity index is 2.20. The maximum Gasteiger partial charge on any atom is 0.267 e. The van der Waals surface area contributed by atoms with Crippen molar-refractivity contribution in [3.8, 4) is 6.07 Å². The Bertz CT molecular complexity index is 962. The summed E-state index contributed by atoms with van der Waals surface area (Å²) in [7, 11) is 0. The number of aromatic nitrogens is 2. The molecule has 0 aromatic carbocycles. The average Bonchev–Trinajstić information content (AvgIpc) is 2.97. The van der Waals surface area contributed by atoms with E-state index in [2.05, 4.69) is 10.2 Å². The van der Waals surface area contributed by atoms with Gasteiger partial charge in [-0.25, -0.2) is 4.98 Å². The van der Waals surface area contributed by atoms with Gasteiger partial charge in [-0.1, -0.05) is 18.9 Å². The highest BCUT2D eigenvalue weighted by atomic mass is 16.1. The van der Waals surface area contributed by atoms with Crippen molar-refractivity contribution in [3.05, 3.63) is 45.9 Å². The molecule has 1 amide bonds. The van der Waals surface area contributed by atoms with Crippen molar-refractivity contribution in [3.63, 3.8) is 0 Å². The van der Waals surface area contributed by atoms with Crippen LogP contribution in [-0.2, 0) is 4.79 Å². The molecule has 2 aromatic heterocycles. The summed E-state index contributed by atoms with van der Waals surface area (Å²) in [6, 6.07) is 7.28. The quantitative estimate of drug-likeness (QED) is 0.662. The van der Waals surface area contributed by atoms with Gasteiger partial charge in [0.05, 0.1) is 5.56 Å². The number of likely N-dealkylation sites (N-methyl/N-ethyl adjacent to an activating group) is 1. The first-order valence-corrected chi connectivity index (χ1v) is 9.32. The van der Waals surface area contributed by atoms with Crippen molar-refractivity contribution in [1.82, 2.24) is 14.7 Å². The summed E-state index contributed by atoms with van der Waals surface area (Å²) in [6.07, 6.45) is 7.38. The van der Waals surface area contributed by atoms with Crippen molar-refractivity contribution in [1.29, 1.82) is 5.26 Å². The minimum atomic E-state index is -0.487. The smallest absolute Gasteiger partial charge is 0.267 e. The van der Waals surface area contributed by atoms with Crippen molar-refractivity contribution >= 4 is 23.4 Å². The Morgan fingerprint density at radius 3 is 2.70 bits per heavy atom. The Morgan fingerprint density at radius 1 is 1.30 bits per heavy atom. The molecule has 7 heteroatoms. The lowest BCUT2D eigenvalue weighted by molar-refractivity contribution is -0.116. The van der Waals surface area contributed by atoms with Gasteiger partial charge in [-0.15, -0.1) is 0 Å². The molecule has 1 saturated heterocycles. The molecule has 1 N–H and O–H groups in total. The fourth-order valence-corrected chi connectivity index (χ4v) is 3.29. The second-order valence-corrected chi connectivity index (χ2v) is 6.51. The Morgan fingerprint density at radius 2 is 2.04 bits per heavy atom. The van der Waals surface area contributed by atoms with E-state index in [1.165, 1.54) is 10.5 Å². The number of nitrogens with one attached hydrogen (secondary N) is 1. The topological polar surface area (TPSA) is 90.5 Å². The first-order chi connectivity index (χ1) is 13.2. The highest BCUT2D eigenvalue weighted by Gasteiger charge is 2.20. The molecule has 2 aromatic rings. The zero-order chi connectivity index (χ0) is 19.2. The number of fused-ring (bicyclic) bond motifs is 1.